The number of aryl methyl sites for hydroxylation is 1. The Balaban J connectivity index is 2.65. The van der Waals surface area contributed by atoms with Crippen molar-refractivity contribution in [1.82, 2.24) is 14.5 Å². The Morgan fingerprint density at radius 2 is 2.17 bits per heavy atom. The second-order valence-electron chi connectivity index (χ2n) is 3.50. The Bertz CT molecular complexity index is 690. The maximum atomic E-state index is 11.7. The molecular weight excluding hydrogens is 262 g/mol. The smallest absolute Gasteiger partial charge is 0.333 e. The van der Waals surface area contributed by atoms with Gasteiger partial charge in [0.05, 0.1) is 10.6 Å². The molecule has 0 radical (unpaired) electrons. The lowest BCUT2D eigenvalue weighted by Gasteiger charge is -2.00. The topological polar surface area (TPSA) is 109 Å². The molecule has 2 aromatic rings. The van der Waals surface area contributed by atoms with Gasteiger partial charge in [-0.2, -0.15) is 9.36 Å². The van der Waals surface area contributed by atoms with Crippen LogP contribution in [0.3, 0.4) is 0 Å². The van der Waals surface area contributed by atoms with Crippen molar-refractivity contribution in [3.63, 3.8) is 0 Å². The minimum atomic E-state index is -0.636. The molecule has 18 heavy (non-hydrogen) atoms. The molecule has 0 aliphatic carbocycles. The Labute approximate surface area is 105 Å². The van der Waals surface area contributed by atoms with Crippen molar-refractivity contribution in [2.24, 2.45) is 0 Å². The van der Waals surface area contributed by atoms with Crippen molar-refractivity contribution in [2.75, 3.05) is 5.84 Å². The number of nitrogens with two attached hydrogens (primary N) is 1. The first-order valence-corrected chi connectivity index (χ1v) is 5.17. The van der Waals surface area contributed by atoms with Crippen LogP contribution in [-0.2, 0) is 0 Å². The van der Waals surface area contributed by atoms with Gasteiger partial charge in [0.1, 0.15) is 5.02 Å². The van der Waals surface area contributed by atoms with Gasteiger partial charge in [-0.1, -0.05) is 11.6 Å². The Morgan fingerprint density at radius 1 is 1.50 bits per heavy atom. The summed E-state index contributed by atoms with van der Waals surface area (Å²) in [5, 5.41) is 14.6. The van der Waals surface area contributed by atoms with Crippen molar-refractivity contribution >= 4 is 17.3 Å². The summed E-state index contributed by atoms with van der Waals surface area (Å²) < 4.78 is 1.82. The Kier molecular flexibility index (Phi) is 2.79. The third kappa shape index (κ3) is 1.82. The number of nitro benzene ring substituents is 1. The molecule has 0 atom stereocenters. The van der Waals surface area contributed by atoms with E-state index in [4.69, 9.17) is 17.4 Å². The van der Waals surface area contributed by atoms with Crippen LogP contribution in [0.15, 0.2) is 23.0 Å². The van der Waals surface area contributed by atoms with Gasteiger partial charge < -0.3 is 5.84 Å². The second-order valence-corrected chi connectivity index (χ2v) is 3.91. The number of rotatable bonds is 2. The lowest BCUT2D eigenvalue weighted by molar-refractivity contribution is -0.384. The zero-order valence-corrected chi connectivity index (χ0v) is 9.96. The number of hydrogen-bond donors (Lipinski definition) is 1. The van der Waals surface area contributed by atoms with Gasteiger partial charge in [0, 0.05) is 6.07 Å². The normalized spacial score (nSPS) is 10.6. The van der Waals surface area contributed by atoms with Crippen molar-refractivity contribution in [2.45, 2.75) is 6.92 Å². The highest BCUT2D eigenvalue weighted by Gasteiger charge is 2.16. The van der Waals surface area contributed by atoms with Crippen LogP contribution in [0.4, 0.5) is 5.69 Å². The summed E-state index contributed by atoms with van der Waals surface area (Å²) >= 11 is 5.68. The quantitative estimate of drug-likeness (QED) is 0.488. The van der Waals surface area contributed by atoms with Gasteiger partial charge in [-0.15, -0.1) is 5.10 Å². The standard InChI is InChI=1S/C9H8ClN5O3/c1-5-12-14(9(16)13(5)11)6-2-3-7(10)8(4-6)15(17)18/h2-4H,11H2,1H3. The lowest BCUT2D eigenvalue weighted by Crippen LogP contribution is -2.29. The van der Waals surface area contributed by atoms with Crippen LogP contribution in [0.1, 0.15) is 5.82 Å². The molecule has 0 amide bonds. The SMILES string of the molecule is Cc1nn(-c2ccc(Cl)c([N+](=O)[O-])c2)c(=O)n1N. The predicted molar refractivity (Wildman–Crippen MR) is 64.4 cm³/mol. The fraction of sp³-hybridized carbons (Fsp3) is 0.111. The Morgan fingerprint density at radius 3 is 2.67 bits per heavy atom. The highest BCUT2D eigenvalue weighted by Crippen LogP contribution is 2.25. The summed E-state index contributed by atoms with van der Waals surface area (Å²) in [6.45, 7) is 1.54. The molecule has 0 fully saturated rings. The fourth-order valence-corrected chi connectivity index (χ4v) is 1.60. The van der Waals surface area contributed by atoms with E-state index in [-0.39, 0.29) is 22.2 Å². The zero-order valence-electron chi connectivity index (χ0n) is 9.20. The van der Waals surface area contributed by atoms with Gasteiger partial charge in [0.15, 0.2) is 5.82 Å². The lowest BCUT2D eigenvalue weighted by atomic mass is 10.3. The minimum Gasteiger partial charge on any atom is -0.333 e. The number of hydrogen-bond acceptors (Lipinski definition) is 5. The number of nitrogen functional groups attached to an aromatic ring is 1. The maximum Gasteiger partial charge on any atom is 0.369 e. The van der Waals surface area contributed by atoms with E-state index >= 15 is 0 Å². The molecular formula is C9H8ClN5O3. The van der Waals surface area contributed by atoms with Gasteiger partial charge in [-0.05, 0) is 19.1 Å². The van der Waals surface area contributed by atoms with Crippen molar-refractivity contribution in [3.8, 4) is 5.69 Å². The average molecular weight is 270 g/mol. The van der Waals surface area contributed by atoms with E-state index in [1.807, 2.05) is 0 Å². The zero-order chi connectivity index (χ0) is 13.4. The van der Waals surface area contributed by atoms with Crippen molar-refractivity contribution in [1.29, 1.82) is 0 Å². The van der Waals surface area contributed by atoms with Crippen LogP contribution >= 0.6 is 11.6 Å². The highest BCUT2D eigenvalue weighted by atomic mass is 35.5. The molecule has 0 saturated carbocycles. The van der Waals surface area contributed by atoms with Gasteiger partial charge in [0.2, 0.25) is 0 Å². The van der Waals surface area contributed by atoms with E-state index in [1.54, 1.807) is 6.92 Å². The number of nitro groups is 1. The predicted octanol–water partition coefficient (Wildman–Crippen LogP) is 0.618. The minimum absolute atomic E-state index is 0.0132. The second kappa shape index (κ2) is 4.15. The van der Waals surface area contributed by atoms with E-state index < -0.39 is 10.6 Å². The summed E-state index contributed by atoms with van der Waals surface area (Å²) in [4.78, 5) is 21.8. The van der Waals surface area contributed by atoms with Crippen LogP contribution in [-0.4, -0.2) is 19.4 Å². The van der Waals surface area contributed by atoms with Gasteiger partial charge in [-0.3, -0.25) is 10.1 Å². The van der Waals surface area contributed by atoms with E-state index in [2.05, 4.69) is 5.10 Å². The van der Waals surface area contributed by atoms with Crippen LogP contribution in [0.25, 0.3) is 5.69 Å². The van der Waals surface area contributed by atoms with Crippen LogP contribution in [0, 0.1) is 17.0 Å². The van der Waals surface area contributed by atoms with Crippen LogP contribution < -0.4 is 11.5 Å². The van der Waals surface area contributed by atoms with Gasteiger partial charge >= 0.3 is 5.69 Å². The number of nitrogens with zero attached hydrogens (tertiary/aromatic N) is 4. The Hall–Kier alpha value is -2.35. The molecule has 0 saturated heterocycles. The summed E-state index contributed by atoms with van der Waals surface area (Å²) in [5.41, 5.74) is -0.669. The number of benzene rings is 1. The average Bonchev–Trinajstić information content (AvgIpc) is 2.57. The molecule has 0 spiro atoms. The molecule has 0 unspecified atom stereocenters. The molecule has 0 aliphatic heterocycles. The number of halogens is 1. The summed E-state index contributed by atoms with van der Waals surface area (Å²) in [6.07, 6.45) is 0. The molecule has 2 rings (SSSR count). The van der Waals surface area contributed by atoms with Gasteiger partial charge in [0.25, 0.3) is 5.69 Å². The summed E-state index contributed by atoms with van der Waals surface area (Å²) in [5.74, 6) is 5.72. The van der Waals surface area contributed by atoms with Crippen molar-refractivity contribution < 1.29 is 4.92 Å². The molecule has 1 heterocycles. The van der Waals surface area contributed by atoms with E-state index in [1.165, 1.54) is 12.1 Å². The van der Waals surface area contributed by atoms with E-state index in [0.717, 1.165) is 15.4 Å². The van der Waals surface area contributed by atoms with E-state index in [0.29, 0.717) is 0 Å². The first-order chi connectivity index (χ1) is 8.41. The van der Waals surface area contributed by atoms with Gasteiger partial charge in [-0.25, -0.2) is 4.79 Å². The molecule has 9 heteroatoms. The monoisotopic (exact) mass is 269 g/mol. The summed E-state index contributed by atoms with van der Waals surface area (Å²) in [7, 11) is 0. The maximum absolute atomic E-state index is 11.7. The number of aromatic nitrogens is 3. The van der Waals surface area contributed by atoms with Crippen LogP contribution in [0.2, 0.25) is 5.02 Å². The molecule has 1 aromatic carbocycles. The molecule has 94 valence electrons. The van der Waals surface area contributed by atoms with Crippen molar-refractivity contribution in [3.05, 3.63) is 49.6 Å². The molecule has 0 aliphatic rings. The molecule has 8 nitrogen and oxygen atoms in total. The first kappa shape index (κ1) is 12.1. The van der Waals surface area contributed by atoms with Crippen LogP contribution in [0.5, 0.6) is 0 Å². The molecule has 1 aromatic heterocycles. The largest absolute Gasteiger partial charge is 0.369 e. The molecule has 2 N–H and O–H groups in total. The highest BCUT2D eigenvalue weighted by molar-refractivity contribution is 6.32. The van der Waals surface area contributed by atoms with E-state index in [9.17, 15) is 14.9 Å². The molecule has 0 bridgehead atoms. The fourth-order valence-electron chi connectivity index (χ4n) is 1.42. The first-order valence-electron chi connectivity index (χ1n) is 4.80. The third-order valence-corrected chi connectivity index (χ3v) is 2.67. The summed E-state index contributed by atoms with van der Waals surface area (Å²) in [6, 6.07) is 3.94. The third-order valence-electron chi connectivity index (χ3n) is 2.35.